The minimum absolute atomic E-state index is 0.151. The van der Waals surface area contributed by atoms with E-state index in [4.69, 9.17) is 9.84 Å². The normalized spacial score (nSPS) is 16.0. The lowest BCUT2D eigenvalue weighted by Crippen LogP contribution is -2.34. The van der Waals surface area contributed by atoms with E-state index in [1.165, 1.54) is 0 Å². The van der Waals surface area contributed by atoms with Crippen LogP contribution in [0.15, 0.2) is 0 Å². The number of hydrogen-bond acceptors (Lipinski definition) is 3. The quantitative estimate of drug-likeness (QED) is 0.610. The molecule has 1 N–H and O–H groups in total. The number of ether oxygens (including phenoxy) is 1. The molecule has 0 heterocycles. The van der Waals surface area contributed by atoms with Gasteiger partial charge in [0.25, 0.3) is 0 Å². The molecule has 16 heavy (non-hydrogen) atoms. The molecule has 0 aliphatic heterocycles. The summed E-state index contributed by atoms with van der Waals surface area (Å²) in [6.07, 6.45) is 3.35. The molecule has 0 spiro atoms. The van der Waals surface area contributed by atoms with Crippen LogP contribution in [-0.2, 0) is 9.53 Å². The van der Waals surface area contributed by atoms with Crippen LogP contribution in [0.4, 0.5) is 0 Å². The average molecular weight is 229 g/mol. The molecule has 0 aromatic rings. The zero-order valence-corrected chi connectivity index (χ0v) is 10.3. The van der Waals surface area contributed by atoms with Gasteiger partial charge in [-0.1, -0.05) is 13.8 Å². The van der Waals surface area contributed by atoms with Gasteiger partial charge in [0.15, 0.2) is 0 Å². The zero-order valence-electron chi connectivity index (χ0n) is 10.3. The molecule has 0 saturated heterocycles. The number of aliphatic carboxylic acids is 1. The van der Waals surface area contributed by atoms with E-state index in [0.29, 0.717) is 18.6 Å². The third-order valence-corrected chi connectivity index (χ3v) is 2.76. The maximum absolute atomic E-state index is 10.6. The number of carboxylic acid groups (broad SMARTS) is 1. The number of hydrogen-bond donors (Lipinski definition) is 1. The summed E-state index contributed by atoms with van der Waals surface area (Å²) >= 11 is 0. The monoisotopic (exact) mass is 229 g/mol. The summed E-state index contributed by atoms with van der Waals surface area (Å²) in [5.41, 5.74) is 0. The fraction of sp³-hybridized carbons (Fsp3) is 0.917. The predicted molar refractivity (Wildman–Crippen MR) is 62.5 cm³/mol. The minimum Gasteiger partial charge on any atom is -0.480 e. The van der Waals surface area contributed by atoms with Crippen LogP contribution < -0.4 is 0 Å². The molecule has 4 heteroatoms. The number of carbonyl (C=O) groups is 1. The first kappa shape index (κ1) is 13.5. The Morgan fingerprint density at radius 3 is 2.62 bits per heavy atom. The average Bonchev–Trinajstić information content (AvgIpc) is 2.97. The van der Waals surface area contributed by atoms with Crippen LogP contribution in [0, 0.1) is 5.92 Å². The Bertz CT molecular complexity index is 214. The molecule has 0 radical (unpaired) electrons. The Morgan fingerprint density at radius 1 is 1.44 bits per heavy atom. The van der Waals surface area contributed by atoms with Crippen molar-refractivity contribution in [2.24, 2.45) is 5.92 Å². The van der Waals surface area contributed by atoms with E-state index in [0.717, 1.165) is 32.4 Å². The summed E-state index contributed by atoms with van der Waals surface area (Å²) in [5.74, 6) is -0.0763. The highest BCUT2D eigenvalue weighted by molar-refractivity contribution is 5.69. The highest BCUT2D eigenvalue weighted by Crippen LogP contribution is 2.26. The second-order valence-electron chi connectivity index (χ2n) is 4.89. The third kappa shape index (κ3) is 6.08. The lowest BCUT2D eigenvalue weighted by atomic mass is 10.1. The van der Waals surface area contributed by atoms with Gasteiger partial charge in [-0.25, -0.2) is 0 Å². The SMILES string of the molecule is CC(C)CCOCCN(CC(=O)O)C1CC1. The summed E-state index contributed by atoms with van der Waals surface area (Å²) in [6, 6.07) is 0.491. The zero-order chi connectivity index (χ0) is 12.0. The van der Waals surface area contributed by atoms with Crippen LogP contribution in [0.5, 0.6) is 0 Å². The van der Waals surface area contributed by atoms with Gasteiger partial charge < -0.3 is 9.84 Å². The molecular formula is C12H23NO3. The van der Waals surface area contributed by atoms with Gasteiger partial charge in [-0.3, -0.25) is 9.69 Å². The fourth-order valence-corrected chi connectivity index (χ4v) is 1.61. The van der Waals surface area contributed by atoms with E-state index < -0.39 is 5.97 Å². The predicted octanol–water partition coefficient (Wildman–Crippen LogP) is 1.60. The van der Waals surface area contributed by atoms with E-state index >= 15 is 0 Å². The molecule has 4 nitrogen and oxygen atoms in total. The first-order chi connectivity index (χ1) is 7.59. The summed E-state index contributed by atoms with van der Waals surface area (Å²) in [7, 11) is 0. The van der Waals surface area contributed by atoms with Crippen molar-refractivity contribution in [1.82, 2.24) is 4.90 Å². The van der Waals surface area contributed by atoms with Gasteiger partial charge >= 0.3 is 5.97 Å². The Labute approximate surface area is 97.6 Å². The molecule has 94 valence electrons. The number of carboxylic acids is 1. The number of nitrogens with zero attached hydrogens (tertiary/aromatic N) is 1. The van der Waals surface area contributed by atoms with E-state index in [1.807, 2.05) is 4.90 Å². The first-order valence-electron chi connectivity index (χ1n) is 6.13. The van der Waals surface area contributed by atoms with Crippen molar-refractivity contribution < 1.29 is 14.6 Å². The fourth-order valence-electron chi connectivity index (χ4n) is 1.61. The minimum atomic E-state index is -0.742. The molecule has 1 fully saturated rings. The summed E-state index contributed by atoms with van der Waals surface area (Å²) in [4.78, 5) is 12.6. The van der Waals surface area contributed by atoms with Gasteiger partial charge in [-0.05, 0) is 25.2 Å². The van der Waals surface area contributed by atoms with Gasteiger partial charge in [0, 0.05) is 19.2 Å². The summed E-state index contributed by atoms with van der Waals surface area (Å²) < 4.78 is 5.50. The number of rotatable bonds is 9. The van der Waals surface area contributed by atoms with Crippen LogP contribution in [-0.4, -0.2) is 48.3 Å². The molecule has 0 bridgehead atoms. The van der Waals surface area contributed by atoms with Crippen molar-refractivity contribution >= 4 is 5.97 Å². The Balaban J connectivity index is 2.06. The third-order valence-electron chi connectivity index (χ3n) is 2.76. The smallest absolute Gasteiger partial charge is 0.317 e. The molecule has 0 aromatic carbocycles. The van der Waals surface area contributed by atoms with Crippen LogP contribution in [0.2, 0.25) is 0 Å². The van der Waals surface area contributed by atoms with Crippen molar-refractivity contribution in [2.75, 3.05) is 26.3 Å². The molecular weight excluding hydrogens is 206 g/mol. The van der Waals surface area contributed by atoms with Crippen molar-refractivity contribution in [3.05, 3.63) is 0 Å². The highest BCUT2D eigenvalue weighted by Gasteiger charge is 2.29. The van der Waals surface area contributed by atoms with Crippen molar-refractivity contribution in [1.29, 1.82) is 0 Å². The van der Waals surface area contributed by atoms with Gasteiger partial charge in [-0.2, -0.15) is 0 Å². The van der Waals surface area contributed by atoms with E-state index in [9.17, 15) is 4.79 Å². The molecule has 1 rings (SSSR count). The van der Waals surface area contributed by atoms with Crippen molar-refractivity contribution in [3.63, 3.8) is 0 Å². The first-order valence-corrected chi connectivity index (χ1v) is 6.13. The molecule has 1 aliphatic carbocycles. The van der Waals surface area contributed by atoms with Crippen molar-refractivity contribution in [2.45, 2.75) is 39.2 Å². The second-order valence-corrected chi connectivity index (χ2v) is 4.89. The molecule has 0 atom stereocenters. The van der Waals surface area contributed by atoms with Crippen LogP contribution >= 0.6 is 0 Å². The molecule has 1 aliphatic rings. The van der Waals surface area contributed by atoms with Gasteiger partial charge in [0.2, 0.25) is 0 Å². The summed E-state index contributed by atoms with van der Waals surface area (Å²) in [5, 5.41) is 8.75. The molecule has 1 saturated carbocycles. The van der Waals surface area contributed by atoms with Gasteiger partial charge in [0.05, 0.1) is 13.2 Å². The van der Waals surface area contributed by atoms with E-state index in [2.05, 4.69) is 13.8 Å². The van der Waals surface area contributed by atoms with Crippen LogP contribution in [0.1, 0.15) is 33.1 Å². The molecule has 0 unspecified atom stereocenters. The standard InChI is InChI=1S/C12H23NO3/c1-10(2)5-7-16-8-6-13(9-12(14)15)11-3-4-11/h10-11H,3-9H2,1-2H3,(H,14,15). The molecule has 0 amide bonds. The lowest BCUT2D eigenvalue weighted by Gasteiger charge is -2.19. The lowest BCUT2D eigenvalue weighted by molar-refractivity contribution is -0.138. The van der Waals surface area contributed by atoms with Gasteiger partial charge in [0.1, 0.15) is 0 Å². The Kier molecular flexibility index (Phi) is 5.77. The summed E-state index contributed by atoms with van der Waals surface area (Å²) in [6.45, 7) is 6.67. The van der Waals surface area contributed by atoms with E-state index in [-0.39, 0.29) is 6.54 Å². The Hall–Kier alpha value is -0.610. The van der Waals surface area contributed by atoms with Crippen LogP contribution in [0.25, 0.3) is 0 Å². The van der Waals surface area contributed by atoms with E-state index in [1.54, 1.807) is 0 Å². The second kappa shape index (κ2) is 6.86. The maximum atomic E-state index is 10.6. The van der Waals surface area contributed by atoms with Crippen LogP contribution in [0.3, 0.4) is 0 Å². The maximum Gasteiger partial charge on any atom is 0.317 e. The van der Waals surface area contributed by atoms with Crippen molar-refractivity contribution in [3.8, 4) is 0 Å². The Morgan fingerprint density at radius 2 is 2.12 bits per heavy atom. The largest absolute Gasteiger partial charge is 0.480 e. The molecule has 0 aromatic heterocycles. The van der Waals surface area contributed by atoms with Gasteiger partial charge in [-0.15, -0.1) is 0 Å². The highest BCUT2D eigenvalue weighted by atomic mass is 16.5. The topological polar surface area (TPSA) is 49.8 Å².